The highest BCUT2D eigenvalue weighted by atomic mass is 16.5. The van der Waals surface area contributed by atoms with Gasteiger partial charge in [-0.15, -0.1) is 5.11 Å². The molecule has 1 fully saturated rings. The van der Waals surface area contributed by atoms with Gasteiger partial charge in [0.1, 0.15) is 12.0 Å². The molecule has 2 aromatic heterocycles. The molecule has 1 aliphatic carbocycles. The van der Waals surface area contributed by atoms with E-state index in [1.54, 1.807) is 6.92 Å². The number of aliphatic imine (C=N–C) groups is 2. The molecule has 0 saturated heterocycles. The van der Waals surface area contributed by atoms with Crippen molar-refractivity contribution in [1.29, 1.82) is 0 Å². The molecule has 8 atom stereocenters. The van der Waals surface area contributed by atoms with Crippen LogP contribution in [0.25, 0.3) is 12.2 Å². The Morgan fingerprint density at radius 3 is 2.38 bits per heavy atom. The smallest absolute Gasteiger partial charge is 0.326 e. The lowest BCUT2D eigenvalue weighted by Gasteiger charge is -2.31. The van der Waals surface area contributed by atoms with Gasteiger partial charge in [0.05, 0.1) is 36.3 Å². The molecule has 5 aliphatic rings. The van der Waals surface area contributed by atoms with Gasteiger partial charge in [0.25, 0.3) is 5.91 Å². The summed E-state index contributed by atoms with van der Waals surface area (Å²) in [6.45, 7) is 17.3. The average Bonchev–Trinajstić information content (AvgIpc) is 4.08. The van der Waals surface area contributed by atoms with Crippen molar-refractivity contribution in [2.24, 2.45) is 55.7 Å². The topological polar surface area (TPSA) is 262 Å². The van der Waals surface area contributed by atoms with Crippen LogP contribution in [0.3, 0.4) is 0 Å². The first kappa shape index (κ1) is 47.4. The van der Waals surface area contributed by atoms with Gasteiger partial charge in [-0.2, -0.15) is 5.11 Å². The van der Waals surface area contributed by atoms with Crippen LogP contribution in [0.1, 0.15) is 114 Å². The summed E-state index contributed by atoms with van der Waals surface area (Å²) in [6, 6.07) is -1.39. The number of amides is 2. The van der Waals surface area contributed by atoms with Crippen LogP contribution in [-0.2, 0) is 23.9 Å². The number of aromatic nitrogens is 3. The molecule has 6 N–H and O–H groups in total. The van der Waals surface area contributed by atoms with Gasteiger partial charge in [-0.3, -0.25) is 34.0 Å². The number of H-pyrrole nitrogens is 2. The van der Waals surface area contributed by atoms with Gasteiger partial charge < -0.3 is 35.8 Å². The van der Waals surface area contributed by atoms with Crippen molar-refractivity contribution < 1.29 is 38.6 Å². The van der Waals surface area contributed by atoms with Crippen LogP contribution in [0, 0.1) is 42.4 Å². The number of esters is 1. The van der Waals surface area contributed by atoms with Gasteiger partial charge in [0, 0.05) is 76.1 Å². The lowest BCUT2D eigenvalue weighted by atomic mass is 9.78. The van der Waals surface area contributed by atoms with Crippen molar-refractivity contribution >= 4 is 64.7 Å². The number of carbonyl (C=O) groups is 6. The first-order chi connectivity index (χ1) is 31.3. The Morgan fingerprint density at radius 2 is 1.71 bits per heavy atom. The second-order valence-corrected chi connectivity index (χ2v) is 18.5. The number of allylic oxidation sites excluding steroid dienone is 3. The van der Waals surface area contributed by atoms with Crippen LogP contribution < -0.4 is 26.6 Å². The number of hydrogen-bond donors (Lipinski definition) is 6. The summed E-state index contributed by atoms with van der Waals surface area (Å²) in [5.41, 5.74) is 5.14. The van der Waals surface area contributed by atoms with E-state index in [-0.39, 0.29) is 78.6 Å². The highest BCUT2D eigenvalue weighted by Crippen LogP contribution is 2.54. The minimum atomic E-state index is -1.25. The van der Waals surface area contributed by atoms with Gasteiger partial charge in [-0.1, -0.05) is 20.8 Å². The fraction of sp³-hybridized carbons (Fsp3) is 0.521. The summed E-state index contributed by atoms with van der Waals surface area (Å²) in [5, 5.41) is 28.3. The number of carbonyl (C=O) groups excluding carboxylic acids is 5. The second-order valence-electron chi connectivity index (χ2n) is 18.5. The molecule has 0 aromatic carbocycles. The zero-order chi connectivity index (χ0) is 47.9. The predicted octanol–water partition coefficient (Wildman–Crippen LogP) is 4.46. The lowest BCUT2D eigenvalue weighted by Crippen LogP contribution is -2.43. The van der Waals surface area contributed by atoms with Crippen LogP contribution in [-0.4, -0.2) is 98.1 Å². The molecule has 6 heterocycles. The van der Waals surface area contributed by atoms with E-state index in [9.17, 15) is 33.9 Å². The van der Waals surface area contributed by atoms with E-state index in [0.29, 0.717) is 39.7 Å². The Kier molecular flexibility index (Phi) is 13.4. The number of methoxy groups -OCH3 is 1. The minimum Gasteiger partial charge on any atom is -0.480 e. The number of rotatable bonds is 15. The maximum Gasteiger partial charge on any atom is 0.326 e. The maximum atomic E-state index is 14.7. The number of nitrogens with zero attached hydrogens (tertiary/aromatic N) is 5. The van der Waals surface area contributed by atoms with Crippen molar-refractivity contribution in [3.63, 3.8) is 0 Å². The van der Waals surface area contributed by atoms with Gasteiger partial charge in [-0.05, 0) is 102 Å². The van der Waals surface area contributed by atoms with E-state index in [0.717, 1.165) is 34.7 Å². The average molecular weight is 905 g/mol. The van der Waals surface area contributed by atoms with E-state index in [4.69, 9.17) is 14.7 Å². The third-order valence-corrected chi connectivity index (χ3v) is 13.8. The number of aromatic amines is 2. The molecule has 4 unspecified atom stereocenters. The summed E-state index contributed by atoms with van der Waals surface area (Å²) in [7, 11) is 1.26. The van der Waals surface area contributed by atoms with Crippen LogP contribution in [0.5, 0.6) is 0 Å². The molecule has 0 radical (unpaired) electrons. The first-order valence-electron chi connectivity index (χ1n) is 22.7. The summed E-state index contributed by atoms with van der Waals surface area (Å²) in [4.78, 5) is 101. The number of carboxylic acid groups (broad SMARTS) is 1. The Balaban J connectivity index is 1.19. The quantitative estimate of drug-likeness (QED) is 0.0481. The molecule has 7 rings (SSSR count). The van der Waals surface area contributed by atoms with E-state index < -0.39 is 47.2 Å². The summed E-state index contributed by atoms with van der Waals surface area (Å²) >= 11 is 0. The van der Waals surface area contributed by atoms with Crippen molar-refractivity contribution in [1.82, 2.24) is 30.9 Å². The Labute approximate surface area is 382 Å². The highest BCUT2D eigenvalue weighted by Gasteiger charge is 2.63. The SMILES string of the molecule is CC[C@@H]1/C2=C/C3=C(C)C4C(=O)C(C(=O)OC)/C(=C5N=C(/C=c6\[nH]/c(c(C(C)=O)c6C)=C\C(=N2)[C@H]1C)[C@H](C)[C@H]/5CCC(=O)NCCCC(NC(=O)c1[nH]cnc1N=NC(C)C)C(=O)O)C4(C)N3. The van der Waals surface area contributed by atoms with Gasteiger partial charge in [0.2, 0.25) is 11.7 Å². The summed E-state index contributed by atoms with van der Waals surface area (Å²) in [6.07, 6.45) is 8.59. The zero-order valence-corrected chi connectivity index (χ0v) is 39.2. The largest absolute Gasteiger partial charge is 0.480 e. The van der Waals surface area contributed by atoms with Crippen molar-refractivity contribution in [3.8, 4) is 0 Å². The standard InChI is InChI=1S/C48H60N10O8/c1-11-27-22(4)30-18-35-37(26(8)59)24(6)32(53-35)17-31-23(5)28(41(54-31)40-38(47(65)66-10)43(61)39-25(7)33(19-34(27)52-30)56-48(39,40)9)14-15-36(60)49-16-12-13-29(46(63)64)55-45(62)42-44(51-20-50-42)58-57-21(2)3/h17-23,27-29,38-39,53,56H,11-16H2,1-10H3,(H,49,60)(H,50,51)(H,55,62)(H,63,64)/b32-17-,34-19-,35-18-,41-40-,58-57?/t22-,23+,27-,28+,29?,38?,39?,48?/m0/s1. The number of hydrogen-bond acceptors (Lipinski definition) is 13. The van der Waals surface area contributed by atoms with Crippen molar-refractivity contribution in [3.05, 3.63) is 68.2 Å². The van der Waals surface area contributed by atoms with Crippen LogP contribution in [0.15, 0.2) is 60.9 Å². The minimum absolute atomic E-state index is 0.0187. The molecule has 2 amide bonds. The molecule has 350 valence electrons. The third-order valence-electron chi connectivity index (χ3n) is 13.8. The van der Waals surface area contributed by atoms with E-state index in [1.165, 1.54) is 13.4 Å². The Hall–Kier alpha value is -6.59. The zero-order valence-electron chi connectivity index (χ0n) is 39.2. The molecular weight excluding hydrogens is 845 g/mol. The number of imidazole rings is 1. The Morgan fingerprint density at radius 1 is 1.02 bits per heavy atom. The molecule has 1 saturated carbocycles. The molecular formula is C48H60N10O8. The predicted molar refractivity (Wildman–Crippen MR) is 246 cm³/mol. The van der Waals surface area contributed by atoms with Crippen molar-refractivity contribution in [2.75, 3.05) is 13.7 Å². The van der Waals surface area contributed by atoms with E-state index in [2.05, 4.69) is 55.0 Å². The number of carboxylic acids is 1. The Bertz CT molecular complexity index is 2710. The van der Waals surface area contributed by atoms with Crippen LogP contribution >= 0.6 is 0 Å². The van der Waals surface area contributed by atoms with Gasteiger partial charge in [0.15, 0.2) is 17.3 Å². The molecule has 2 aromatic rings. The van der Waals surface area contributed by atoms with Crippen LogP contribution in [0.4, 0.5) is 5.82 Å². The highest BCUT2D eigenvalue weighted by molar-refractivity contribution is 6.16. The molecule has 66 heavy (non-hydrogen) atoms. The number of azo groups is 1. The molecule has 8 bridgehead atoms. The summed E-state index contributed by atoms with van der Waals surface area (Å²) in [5.74, 6) is -5.81. The number of fused-ring (bicyclic) bond motifs is 5. The number of Topliss-reactive ketones (excluding diaryl/α,β-unsaturated/α-hetero) is 2. The molecule has 4 aliphatic heterocycles. The first-order valence-corrected chi connectivity index (χ1v) is 22.7. The van der Waals surface area contributed by atoms with Gasteiger partial charge >= 0.3 is 11.9 Å². The fourth-order valence-electron chi connectivity index (χ4n) is 10.4. The number of ketones is 2. The molecule has 18 heteroatoms. The van der Waals surface area contributed by atoms with E-state index >= 15 is 0 Å². The lowest BCUT2D eigenvalue weighted by molar-refractivity contribution is -0.147. The number of nitrogens with one attached hydrogen (secondary N) is 5. The summed E-state index contributed by atoms with van der Waals surface area (Å²) < 4.78 is 5.31. The molecule has 0 spiro atoms. The van der Waals surface area contributed by atoms with Crippen LogP contribution in [0.2, 0.25) is 0 Å². The molecule has 18 nitrogen and oxygen atoms in total. The number of aliphatic carboxylic acids is 1. The van der Waals surface area contributed by atoms with Gasteiger partial charge in [-0.25, -0.2) is 9.78 Å². The monoisotopic (exact) mass is 904 g/mol. The second kappa shape index (κ2) is 18.7. The fourth-order valence-corrected chi connectivity index (χ4v) is 10.4. The number of ether oxygens (including phenoxy) is 1. The maximum absolute atomic E-state index is 14.7. The van der Waals surface area contributed by atoms with E-state index in [1.807, 2.05) is 59.8 Å². The normalized spacial score (nSPS) is 28.8. The third kappa shape index (κ3) is 8.64. The van der Waals surface area contributed by atoms with Crippen molar-refractivity contribution in [2.45, 2.75) is 112 Å².